The van der Waals surface area contributed by atoms with Gasteiger partial charge in [-0.15, -0.1) is 0 Å². The van der Waals surface area contributed by atoms with Crippen molar-refractivity contribution in [1.29, 1.82) is 0 Å². The van der Waals surface area contributed by atoms with Crippen LogP contribution in [0.5, 0.6) is 11.5 Å². The van der Waals surface area contributed by atoms with Crippen molar-refractivity contribution < 1.29 is 23.9 Å². The molecule has 1 aromatic rings. The van der Waals surface area contributed by atoms with Gasteiger partial charge in [-0.1, -0.05) is 12.1 Å². The SMILES string of the molecule is COc1ccccc1OCC(=O)NNC(=O)C(=O)NC(C)C. The number of carbonyl (C=O) groups excluding carboxylic acids is 3. The number of hydrazine groups is 1. The third kappa shape index (κ3) is 5.70. The molecule has 0 bridgehead atoms. The molecule has 3 N–H and O–H groups in total. The van der Waals surface area contributed by atoms with Gasteiger partial charge in [0.25, 0.3) is 5.91 Å². The van der Waals surface area contributed by atoms with Crippen LogP contribution in [0, 0.1) is 0 Å². The molecule has 0 unspecified atom stereocenters. The molecule has 0 aliphatic heterocycles. The Kier molecular flexibility index (Phi) is 6.68. The van der Waals surface area contributed by atoms with E-state index in [0.717, 1.165) is 0 Å². The molecule has 120 valence electrons. The number of methoxy groups -OCH3 is 1. The summed E-state index contributed by atoms with van der Waals surface area (Å²) in [4.78, 5) is 34.2. The first-order valence-corrected chi connectivity index (χ1v) is 6.59. The average molecular weight is 309 g/mol. The maximum atomic E-state index is 11.5. The summed E-state index contributed by atoms with van der Waals surface area (Å²) in [6.45, 7) is 3.09. The lowest BCUT2D eigenvalue weighted by Gasteiger charge is -2.11. The molecule has 0 aliphatic rings. The molecule has 0 saturated heterocycles. The highest BCUT2D eigenvalue weighted by atomic mass is 16.5. The van der Waals surface area contributed by atoms with Crippen molar-refractivity contribution in [2.24, 2.45) is 0 Å². The summed E-state index contributed by atoms with van der Waals surface area (Å²) < 4.78 is 10.3. The zero-order valence-electron chi connectivity index (χ0n) is 12.6. The molecule has 0 aliphatic carbocycles. The van der Waals surface area contributed by atoms with Crippen LogP contribution in [-0.4, -0.2) is 37.5 Å². The van der Waals surface area contributed by atoms with Crippen LogP contribution in [0.2, 0.25) is 0 Å². The molecule has 8 nitrogen and oxygen atoms in total. The van der Waals surface area contributed by atoms with E-state index in [1.807, 2.05) is 5.43 Å². The maximum absolute atomic E-state index is 11.5. The van der Waals surface area contributed by atoms with Crippen molar-refractivity contribution in [1.82, 2.24) is 16.2 Å². The van der Waals surface area contributed by atoms with E-state index in [0.29, 0.717) is 11.5 Å². The molecule has 0 atom stereocenters. The summed E-state index contributed by atoms with van der Waals surface area (Å²) in [5.41, 5.74) is 4.07. The summed E-state index contributed by atoms with van der Waals surface area (Å²) in [6.07, 6.45) is 0. The third-order valence-corrected chi connectivity index (χ3v) is 2.37. The predicted molar refractivity (Wildman–Crippen MR) is 78.1 cm³/mol. The van der Waals surface area contributed by atoms with Gasteiger partial charge in [0.05, 0.1) is 7.11 Å². The number of nitrogens with one attached hydrogen (secondary N) is 3. The Morgan fingerprint density at radius 1 is 1.05 bits per heavy atom. The van der Waals surface area contributed by atoms with Crippen LogP contribution in [-0.2, 0) is 14.4 Å². The molecule has 0 radical (unpaired) electrons. The second-order valence-electron chi connectivity index (χ2n) is 4.57. The van der Waals surface area contributed by atoms with E-state index < -0.39 is 17.7 Å². The largest absolute Gasteiger partial charge is 0.493 e. The van der Waals surface area contributed by atoms with E-state index >= 15 is 0 Å². The number of hydrogen-bond donors (Lipinski definition) is 3. The minimum absolute atomic E-state index is 0.178. The fourth-order valence-corrected chi connectivity index (χ4v) is 1.43. The van der Waals surface area contributed by atoms with Gasteiger partial charge in [-0.25, -0.2) is 0 Å². The van der Waals surface area contributed by atoms with Crippen molar-refractivity contribution in [3.63, 3.8) is 0 Å². The molecule has 1 aromatic carbocycles. The number of benzene rings is 1. The Hall–Kier alpha value is -2.77. The van der Waals surface area contributed by atoms with Gasteiger partial charge in [-0.2, -0.15) is 0 Å². The number of hydrogen-bond acceptors (Lipinski definition) is 5. The lowest BCUT2D eigenvalue weighted by Crippen LogP contribution is -2.50. The lowest BCUT2D eigenvalue weighted by atomic mass is 10.3. The van der Waals surface area contributed by atoms with Gasteiger partial charge in [0.2, 0.25) is 0 Å². The van der Waals surface area contributed by atoms with E-state index in [1.54, 1.807) is 38.1 Å². The number of carbonyl (C=O) groups is 3. The quantitative estimate of drug-likeness (QED) is 0.513. The van der Waals surface area contributed by atoms with Crippen LogP contribution in [0.1, 0.15) is 13.8 Å². The minimum atomic E-state index is -0.959. The molecule has 0 fully saturated rings. The molecule has 0 saturated carbocycles. The van der Waals surface area contributed by atoms with Gasteiger partial charge in [-0.3, -0.25) is 25.2 Å². The van der Waals surface area contributed by atoms with Gasteiger partial charge >= 0.3 is 11.8 Å². The van der Waals surface area contributed by atoms with Crippen LogP contribution in [0.4, 0.5) is 0 Å². The fourth-order valence-electron chi connectivity index (χ4n) is 1.43. The standard InChI is InChI=1S/C14H19N3O5/c1-9(2)15-13(19)14(20)17-16-12(18)8-22-11-7-5-4-6-10(11)21-3/h4-7,9H,8H2,1-3H3,(H,15,19)(H,16,18)(H,17,20). The van der Waals surface area contributed by atoms with Crippen LogP contribution in [0.15, 0.2) is 24.3 Å². The molecular formula is C14H19N3O5. The maximum Gasteiger partial charge on any atom is 0.327 e. The second-order valence-corrected chi connectivity index (χ2v) is 4.57. The molecule has 0 heterocycles. The molecule has 1 rings (SSSR count). The molecule has 3 amide bonds. The zero-order valence-corrected chi connectivity index (χ0v) is 12.6. The molecular weight excluding hydrogens is 290 g/mol. The Bertz CT molecular complexity index is 545. The topological polar surface area (TPSA) is 106 Å². The van der Waals surface area contributed by atoms with Gasteiger partial charge in [-0.05, 0) is 26.0 Å². The molecule has 0 spiro atoms. The van der Waals surface area contributed by atoms with E-state index in [2.05, 4.69) is 10.7 Å². The Morgan fingerprint density at radius 3 is 2.27 bits per heavy atom. The number of rotatable bonds is 5. The van der Waals surface area contributed by atoms with E-state index in [1.165, 1.54) is 7.11 Å². The van der Waals surface area contributed by atoms with Crippen LogP contribution in [0.25, 0.3) is 0 Å². The van der Waals surface area contributed by atoms with Crippen molar-refractivity contribution in [3.8, 4) is 11.5 Å². The normalized spacial score (nSPS) is 9.82. The predicted octanol–water partition coefficient (Wildman–Crippen LogP) is -0.254. The van der Waals surface area contributed by atoms with Crippen molar-refractivity contribution in [3.05, 3.63) is 24.3 Å². The first kappa shape index (κ1) is 17.3. The van der Waals surface area contributed by atoms with Gasteiger partial charge < -0.3 is 14.8 Å². The lowest BCUT2D eigenvalue weighted by molar-refractivity contribution is -0.141. The number of para-hydroxylation sites is 2. The van der Waals surface area contributed by atoms with Crippen molar-refractivity contribution in [2.45, 2.75) is 19.9 Å². The van der Waals surface area contributed by atoms with Crippen molar-refractivity contribution >= 4 is 17.7 Å². The van der Waals surface area contributed by atoms with Crippen LogP contribution < -0.4 is 25.6 Å². The zero-order chi connectivity index (χ0) is 16.5. The van der Waals surface area contributed by atoms with Gasteiger partial charge in [0.1, 0.15) is 0 Å². The second kappa shape index (κ2) is 8.50. The summed E-state index contributed by atoms with van der Waals surface area (Å²) in [7, 11) is 1.48. The van der Waals surface area contributed by atoms with E-state index in [9.17, 15) is 14.4 Å². The van der Waals surface area contributed by atoms with E-state index in [4.69, 9.17) is 9.47 Å². The average Bonchev–Trinajstić information content (AvgIpc) is 2.50. The monoisotopic (exact) mass is 309 g/mol. The van der Waals surface area contributed by atoms with Crippen LogP contribution in [0.3, 0.4) is 0 Å². The summed E-state index contributed by atoms with van der Waals surface area (Å²) in [5, 5.41) is 2.39. The highest BCUT2D eigenvalue weighted by molar-refractivity contribution is 6.35. The Labute approximate surface area is 128 Å². The van der Waals surface area contributed by atoms with Crippen molar-refractivity contribution in [2.75, 3.05) is 13.7 Å². The van der Waals surface area contributed by atoms with Gasteiger partial charge in [0, 0.05) is 6.04 Å². The number of ether oxygens (including phenoxy) is 2. The molecule has 0 aromatic heterocycles. The summed E-state index contributed by atoms with van der Waals surface area (Å²) in [6, 6.07) is 6.64. The first-order chi connectivity index (χ1) is 10.4. The Balaban J connectivity index is 2.38. The highest BCUT2D eigenvalue weighted by Crippen LogP contribution is 2.25. The first-order valence-electron chi connectivity index (χ1n) is 6.59. The van der Waals surface area contributed by atoms with Gasteiger partial charge in [0.15, 0.2) is 18.1 Å². The molecule has 22 heavy (non-hydrogen) atoms. The summed E-state index contributed by atoms with van der Waals surface area (Å²) >= 11 is 0. The molecule has 8 heteroatoms. The Morgan fingerprint density at radius 2 is 1.68 bits per heavy atom. The number of amides is 3. The highest BCUT2D eigenvalue weighted by Gasteiger charge is 2.15. The third-order valence-electron chi connectivity index (χ3n) is 2.37. The fraction of sp³-hybridized carbons (Fsp3) is 0.357. The van der Waals surface area contributed by atoms with E-state index in [-0.39, 0.29) is 12.6 Å². The minimum Gasteiger partial charge on any atom is -0.493 e. The summed E-state index contributed by atoms with van der Waals surface area (Å²) in [5.74, 6) is -1.53. The van der Waals surface area contributed by atoms with Crippen LogP contribution >= 0.6 is 0 Å². The smallest absolute Gasteiger partial charge is 0.327 e.